The third-order valence-electron chi connectivity index (χ3n) is 5.74. The van der Waals surface area contributed by atoms with Crippen molar-refractivity contribution < 1.29 is 4.74 Å². The lowest BCUT2D eigenvalue weighted by Crippen LogP contribution is -2.18. The van der Waals surface area contributed by atoms with E-state index < -0.39 is 0 Å². The fraction of sp³-hybridized carbons (Fsp3) is 0.115. The Bertz CT molecular complexity index is 1500. The van der Waals surface area contributed by atoms with E-state index in [0.29, 0.717) is 5.88 Å². The molecule has 0 aliphatic rings. The van der Waals surface area contributed by atoms with Gasteiger partial charge in [0.15, 0.2) is 0 Å². The molecule has 0 aliphatic heterocycles. The number of nitrogens with zero attached hydrogens (tertiary/aromatic N) is 3. The second-order valence-corrected chi connectivity index (χ2v) is 7.66. The van der Waals surface area contributed by atoms with Crippen LogP contribution in [0.3, 0.4) is 0 Å². The van der Waals surface area contributed by atoms with Gasteiger partial charge >= 0.3 is 0 Å². The third-order valence-corrected chi connectivity index (χ3v) is 5.74. The smallest absolute Gasteiger partial charge is 0.255 e. The van der Waals surface area contributed by atoms with E-state index in [2.05, 4.69) is 35.9 Å². The molecule has 0 atom stereocenters. The molecule has 2 aromatic carbocycles. The van der Waals surface area contributed by atoms with Gasteiger partial charge in [-0.15, -0.1) is 0 Å². The number of benzene rings is 2. The Kier molecular flexibility index (Phi) is 4.51. The molecule has 0 saturated heterocycles. The van der Waals surface area contributed by atoms with Crippen molar-refractivity contribution in [1.82, 2.24) is 14.5 Å². The predicted octanol–water partition coefficient (Wildman–Crippen LogP) is 5.23. The maximum atomic E-state index is 13.0. The Hall–Kier alpha value is -3.99. The molecule has 152 valence electrons. The zero-order valence-electron chi connectivity index (χ0n) is 17.6. The van der Waals surface area contributed by atoms with Crippen molar-refractivity contribution in [2.75, 3.05) is 7.11 Å². The Morgan fingerprint density at radius 1 is 0.806 bits per heavy atom. The van der Waals surface area contributed by atoms with E-state index in [1.54, 1.807) is 23.9 Å². The van der Waals surface area contributed by atoms with Crippen LogP contribution in [0.2, 0.25) is 0 Å². The number of pyridine rings is 3. The van der Waals surface area contributed by atoms with Crippen molar-refractivity contribution >= 4 is 21.8 Å². The fourth-order valence-electron chi connectivity index (χ4n) is 3.88. The Balaban J connectivity index is 1.82. The van der Waals surface area contributed by atoms with Gasteiger partial charge in [0.05, 0.1) is 18.1 Å². The van der Waals surface area contributed by atoms with Crippen molar-refractivity contribution in [2.24, 2.45) is 0 Å². The van der Waals surface area contributed by atoms with Crippen LogP contribution in [0, 0.1) is 13.8 Å². The lowest BCUT2D eigenvalue weighted by Gasteiger charge is -2.14. The van der Waals surface area contributed by atoms with Crippen LogP contribution in [0.1, 0.15) is 11.1 Å². The number of hydrogen-bond donors (Lipinski definition) is 0. The molecule has 0 saturated carbocycles. The van der Waals surface area contributed by atoms with Gasteiger partial charge in [0.25, 0.3) is 5.56 Å². The molecule has 0 amide bonds. The molecular formula is C26H21N3O2. The molecule has 0 spiro atoms. The van der Waals surface area contributed by atoms with E-state index in [4.69, 9.17) is 4.74 Å². The summed E-state index contributed by atoms with van der Waals surface area (Å²) in [5.41, 5.74) is 6.77. The zero-order valence-corrected chi connectivity index (χ0v) is 17.6. The minimum atomic E-state index is -0.0697. The number of aromatic nitrogens is 3. The van der Waals surface area contributed by atoms with Crippen molar-refractivity contribution in [3.8, 4) is 22.7 Å². The molecule has 5 nitrogen and oxygen atoms in total. The van der Waals surface area contributed by atoms with E-state index in [0.717, 1.165) is 44.2 Å². The molecule has 5 heteroatoms. The summed E-state index contributed by atoms with van der Waals surface area (Å²) in [4.78, 5) is 22.0. The second-order valence-electron chi connectivity index (χ2n) is 7.66. The van der Waals surface area contributed by atoms with Crippen LogP contribution >= 0.6 is 0 Å². The summed E-state index contributed by atoms with van der Waals surface area (Å²) in [5.74, 6) is 0.570. The third kappa shape index (κ3) is 3.24. The highest BCUT2D eigenvalue weighted by Crippen LogP contribution is 2.30. The first-order chi connectivity index (χ1) is 15.0. The summed E-state index contributed by atoms with van der Waals surface area (Å²) in [6.45, 7) is 4.13. The van der Waals surface area contributed by atoms with E-state index in [9.17, 15) is 4.79 Å². The molecule has 0 bridgehead atoms. The van der Waals surface area contributed by atoms with Crippen LogP contribution < -0.4 is 10.3 Å². The normalized spacial score (nSPS) is 11.2. The second kappa shape index (κ2) is 7.36. The van der Waals surface area contributed by atoms with Gasteiger partial charge in [0.2, 0.25) is 5.88 Å². The number of rotatable bonds is 3. The first kappa shape index (κ1) is 19.0. The highest BCUT2D eigenvalue weighted by atomic mass is 16.5. The molecule has 0 fully saturated rings. The van der Waals surface area contributed by atoms with Crippen LogP contribution in [0.4, 0.5) is 0 Å². The summed E-state index contributed by atoms with van der Waals surface area (Å²) in [6, 6.07) is 19.4. The van der Waals surface area contributed by atoms with Gasteiger partial charge in [0, 0.05) is 46.5 Å². The number of methoxy groups -OCH3 is 1. The van der Waals surface area contributed by atoms with Gasteiger partial charge in [-0.3, -0.25) is 14.3 Å². The number of ether oxygens (including phenoxy) is 1. The highest BCUT2D eigenvalue weighted by Gasteiger charge is 2.12. The van der Waals surface area contributed by atoms with Gasteiger partial charge in [-0.2, -0.15) is 0 Å². The molecule has 31 heavy (non-hydrogen) atoms. The molecule has 0 radical (unpaired) electrons. The summed E-state index contributed by atoms with van der Waals surface area (Å²) in [7, 11) is 1.60. The molecule has 3 aromatic heterocycles. The zero-order chi connectivity index (χ0) is 21.5. The fourth-order valence-corrected chi connectivity index (χ4v) is 3.88. The van der Waals surface area contributed by atoms with Crippen molar-refractivity contribution in [3.63, 3.8) is 0 Å². The lowest BCUT2D eigenvalue weighted by atomic mass is 10.0. The number of hydrogen-bond acceptors (Lipinski definition) is 4. The Morgan fingerprint density at radius 3 is 2.39 bits per heavy atom. The van der Waals surface area contributed by atoms with Crippen LogP contribution in [-0.2, 0) is 0 Å². The SMILES string of the molecule is COc1ccc(-c2ccc3ncc4ccc(=O)n(-c5ccc(C)c(C)c5)c4c3c2)cn1. The maximum Gasteiger partial charge on any atom is 0.255 e. The first-order valence-corrected chi connectivity index (χ1v) is 10.1. The monoisotopic (exact) mass is 407 g/mol. The topological polar surface area (TPSA) is 57.0 Å². The quantitative estimate of drug-likeness (QED) is 0.385. The van der Waals surface area contributed by atoms with Crippen molar-refractivity contribution in [1.29, 1.82) is 0 Å². The molecule has 5 aromatic rings. The summed E-state index contributed by atoms with van der Waals surface area (Å²) in [5, 5.41) is 1.83. The number of aryl methyl sites for hydroxylation is 2. The first-order valence-electron chi connectivity index (χ1n) is 10.1. The molecule has 0 unspecified atom stereocenters. The molecular weight excluding hydrogens is 386 g/mol. The van der Waals surface area contributed by atoms with Gasteiger partial charge in [0.1, 0.15) is 0 Å². The molecule has 0 aliphatic carbocycles. The largest absolute Gasteiger partial charge is 0.481 e. The molecule has 3 heterocycles. The van der Waals surface area contributed by atoms with Gasteiger partial charge < -0.3 is 4.74 Å². The standard InChI is InChI=1S/C26H21N3O2/c1-16-4-8-21(12-17(16)2)29-25(30)11-7-20-15-27-23-9-5-18(13-22(23)26(20)29)19-6-10-24(31-3)28-14-19/h4-15H,1-3H3. The summed E-state index contributed by atoms with van der Waals surface area (Å²) >= 11 is 0. The van der Waals surface area contributed by atoms with E-state index in [1.165, 1.54) is 5.56 Å². The van der Waals surface area contributed by atoms with Crippen LogP contribution in [-0.4, -0.2) is 21.6 Å². The van der Waals surface area contributed by atoms with Gasteiger partial charge in [-0.25, -0.2) is 4.98 Å². The van der Waals surface area contributed by atoms with E-state index >= 15 is 0 Å². The van der Waals surface area contributed by atoms with Gasteiger partial charge in [-0.05, 0) is 66.9 Å². The maximum absolute atomic E-state index is 13.0. The molecule has 0 N–H and O–H groups in total. The Morgan fingerprint density at radius 2 is 1.65 bits per heavy atom. The molecule has 5 rings (SSSR count). The lowest BCUT2D eigenvalue weighted by molar-refractivity contribution is 0.398. The number of fused-ring (bicyclic) bond motifs is 3. The average molecular weight is 407 g/mol. The van der Waals surface area contributed by atoms with E-state index in [1.807, 2.05) is 48.7 Å². The van der Waals surface area contributed by atoms with Crippen LogP contribution in [0.25, 0.3) is 38.6 Å². The minimum Gasteiger partial charge on any atom is -0.481 e. The summed E-state index contributed by atoms with van der Waals surface area (Å²) < 4.78 is 6.95. The Labute approximate surface area is 179 Å². The highest BCUT2D eigenvalue weighted by molar-refractivity contribution is 6.05. The average Bonchev–Trinajstić information content (AvgIpc) is 2.80. The van der Waals surface area contributed by atoms with Crippen molar-refractivity contribution in [2.45, 2.75) is 13.8 Å². The summed E-state index contributed by atoms with van der Waals surface area (Å²) in [6.07, 6.45) is 3.61. The predicted molar refractivity (Wildman–Crippen MR) is 124 cm³/mol. The minimum absolute atomic E-state index is 0.0697. The van der Waals surface area contributed by atoms with E-state index in [-0.39, 0.29) is 5.56 Å². The van der Waals surface area contributed by atoms with Crippen LogP contribution in [0.5, 0.6) is 5.88 Å². The van der Waals surface area contributed by atoms with Crippen molar-refractivity contribution in [3.05, 3.63) is 94.5 Å². The van der Waals surface area contributed by atoms with Crippen LogP contribution in [0.15, 0.2) is 77.9 Å². The van der Waals surface area contributed by atoms with Gasteiger partial charge in [-0.1, -0.05) is 12.1 Å².